The van der Waals surface area contributed by atoms with Crippen molar-refractivity contribution in [1.82, 2.24) is 9.97 Å². The van der Waals surface area contributed by atoms with Gasteiger partial charge >= 0.3 is 0 Å². The number of rotatable bonds is 2. The number of ketones is 1. The molecule has 2 heterocycles. The number of carbonyl (C=O) groups is 1. The Kier molecular flexibility index (Phi) is 2.68. The second-order valence-corrected chi connectivity index (χ2v) is 3.08. The van der Waals surface area contributed by atoms with E-state index in [4.69, 9.17) is 0 Å². The van der Waals surface area contributed by atoms with E-state index in [2.05, 4.69) is 9.97 Å². The van der Waals surface area contributed by atoms with Crippen molar-refractivity contribution in [3.8, 4) is 0 Å². The Hall–Kier alpha value is -2.17. The maximum absolute atomic E-state index is 12.8. The third-order valence-corrected chi connectivity index (χ3v) is 1.93. The lowest BCUT2D eigenvalue weighted by Crippen LogP contribution is -2.05. The first-order valence-electron chi connectivity index (χ1n) is 4.43. The maximum atomic E-state index is 12.8. The van der Waals surface area contributed by atoms with E-state index in [9.17, 15) is 13.6 Å². The van der Waals surface area contributed by atoms with Crippen LogP contribution in [0.2, 0.25) is 0 Å². The lowest BCUT2D eigenvalue weighted by atomic mass is 10.1. The maximum Gasteiger partial charge on any atom is 0.212 e. The second-order valence-electron chi connectivity index (χ2n) is 3.08. The molecular weight excluding hydrogens is 214 g/mol. The van der Waals surface area contributed by atoms with Gasteiger partial charge in [-0.3, -0.25) is 9.78 Å². The fraction of sp³-hybridized carbons (Fsp3) is 0. The number of hydrogen-bond donors (Lipinski definition) is 0. The summed E-state index contributed by atoms with van der Waals surface area (Å²) in [5.74, 6) is -1.63. The first kappa shape index (κ1) is 10.4. The monoisotopic (exact) mass is 220 g/mol. The van der Waals surface area contributed by atoms with Crippen LogP contribution in [0.1, 0.15) is 16.1 Å². The highest BCUT2D eigenvalue weighted by molar-refractivity contribution is 6.07. The molecule has 0 spiro atoms. The molecule has 5 heteroatoms. The predicted octanol–water partition coefficient (Wildman–Crippen LogP) is 1.99. The van der Waals surface area contributed by atoms with Gasteiger partial charge in [0.25, 0.3) is 0 Å². The Morgan fingerprint density at radius 1 is 1.06 bits per heavy atom. The smallest absolute Gasteiger partial charge is 0.212 e. The van der Waals surface area contributed by atoms with Gasteiger partial charge in [-0.2, -0.15) is 0 Å². The Labute approximate surface area is 89.8 Å². The minimum Gasteiger partial charge on any atom is -0.287 e. The molecular formula is C11H6F2N2O. The molecule has 0 unspecified atom stereocenters. The molecule has 2 aromatic rings. The topological polar surface area (TPSA) is 42.9 Å². The summed E-state index contributed by atoms with van der Waals surface area (Å²) in [5.41, 5.74) is 0.132. The van der Waals surface area contributed by atoms with Crippen LogP contribution in [-0.2, 0) is 0 Å². The van der Waals surface area contributed by atoms with E-state index in [1.54, 1.807) is 0 Å². The third kappa shape index (κ3) is 2.08. The zero-order valence-electron chi connectivity index (χ0n) is 8.02. The van der Waals surface area contributed by atoms with E-state index in [1.807, 2.05) is 0 Å². The highest BCUT2D eigenvalue weighted by Gasteiger charge is 2.11. The molecule has 80 valence electrons. The van der Waals surface area contributed by atoms with Gasteiger partial charge in [-0.05, 0) is 18.2 Å². The van der Waals surface area contributed by atoms with Crippen molar-refractivity contribution >= 4 is 5.78 Å². The molecule has 0 aliphatic rings. The number of nitrogens with zero attached hydrogens (tertiary/aromatic N) is 2. The summed E-state index contributed by atoms with van der Waals surface area (Å²) in [4.78, 5) is 18.9. The Morgan fingerprint density at radius 2 is 1.88 bits per heavy atom. The standard InChI is InChI=1S/C11H6F2N2O/c12-8-1-2-10(15-6-8)11(16)7-3-9(13)5-14-4-7/h1-6H. The van der Waals surface area contributed by atoms with Crippen molar-refractivity contribution in [2.75, 3.05) is 0 Å². The Bertz CT molecular complexity index is 526. The molecule has 16 heavy (non-hydrogen) atoms. The van der Waals surface area contributed by atoms with Gasteiger partial charge in [-0.15, -0.1) is 0 Å². The van der Waals surface area contributed by atoms with E-state index in [0.29, 0.717) is 0 Å². The highest BCUT2D eigenvalue weighted by Crippen LogP contribution is 2.08. The van der Waals surface area contributed by atoms with Crippen LogP contribution in [0.15, 0.2) is 36.8 Å². The van der Waals surface area contributed by atoms with Gasteiger partial charge in [0.2, 0.25) is 5.78 Å². The molecule has 2 aromatic heterocycles. The number of aromatic nitrogens is 2. The number of pyridine rings is 2. The molecule has 0 fully saturated rings. The zero-order chi connectivity index (χ0) is 11.5. The predicted molar refractivity (Wildman–Crippen MR) is 51.8 cm³/mol. The van der Waals surface area contributed by atoms with Crippen molar-refractivity contribution < 1.29 is 13.6 Å². The van der Waals surface area contributed by atoms with E-state index in [-0.39, 0.29) is 11.3 Å². The second kappa shape index (κ2) is 4.14. The van der Waals surface area contributed by atoms with Crippen LogP contribution in [0.4, 0.5) is 8.78 Å². The van der Waals surface area contributed by atoms with Crippen molar-refractivity contribution in [2.24, 2.45) is 0 Å². The summed E-state index contributed by atoms with van der Waals surface area (Å²) >= 11 is 0. The average Bonchev–Trinajstić information content (AvgIpc) is 2.29. The lowest BCUT2D eigenvalue weighted by Gasteiger charge is -1.99. The Balaban J connectivity index is 2.35. The van der Waals surface area contributed by atoms with Crippen LogP contribution >= 0.6 is 0 Å². The van der Waals surface area contributed by atoms with E-state index in [0.717, 1.165) is 24.5 Å². The van der Waals surface area contributed by atoms with Gasteiger partial charge in [-0.1, -0.05) is 0 Å². The molecule has 0 N–H and O–H groups in total. The van der Waals surface area contributed by atoms with Crippen LogP contribution in [0.3, 0.4) is 0 Å². The fourth-order valence-corrected chi connectivity index (χ4v) is 1.19. The summed E-state index contributed by atoms with van der Waals surface area (Å²) in [6, 6.07) is 3.41. The molecule has 0 amide bonds. The van der Waals surface area contributed by atoms with Gasteiger partial charge in [0, 0.05) is 11.8 Å². The number of hydrogen-bond acceptors (Lipinski definition) is 3. The Morgan fingerprint density at radius 3 is 2.50 bits per heavy atom. The van der Waals surface area contributed by atoms with Crippen molar-refractivity contribution in [2.45, 2.75) is 0 Å². The highest BCUT2D eigenvalue weighted by atomic mass is 19.1. The summed E-state index contributed by atoms with van der Waals surface area (Å²) in [6.07, 6.45) is 3.16. The molecule has 3 nitrogen and oxygen atoms in total. The molecule has 0 radical (unpaired) electrons. The summed E-state index contributed by atoms with van der Waals surface area (Å²) in [5, 5.41) is 0. The quantitative estimate of drug-likeness (QED) is 0.727. The van der Waals surface area contributed by atoms with Crippen molar-refractivity contribution in [1.29, 1.82) is 0 Å². The van der Waals surface area contributed by atoms with E-state index < -0.39 is 17.4 Å². The average molecular weight is 220 g/mol. The van der Waals surface area contributed by atoms with Gasteiger partial charge < -0.3 is 0 Å². The first-order chi connectivity index (χ1) is 7.66. The molecule has 0 aromatic carbocycles. The molecule has 0 saturated carbocycles. The molecule has 0 saturated heterocycles. The third-order valence-electron chi connectivity index (χ3n) is 1.93. The molecule has 0 aliphatic carbocycles. The van der Waals surface area contributed by atoms with Gasteiger partial charge in [-0.25, -0.2) is 13.8 Å². The van der Waals surface area contributed by atoms with Crippen molar-refractivity contribution in [3.63, 3.8) is 0 Å². The molecule has 0 bridgehead atoms. The molecule has 2 rings (SSSR count). The van der Waals surface area contributed by atoms with Crippen molar-refractivity contribution in [3.05, 3.63) is 59.7 Å². The SMILES string of the molecule is O=C(c1cncc(F)c1)c1ccc(F)cn1. The molecule has 0 atom stereocenters. The minimum atomic E-state index is -0.604. The van der Waals surface area contributed by atoms with Gasteiger partial charge in [0.15, 0.2) is 0 Å². The summed E-state index contributed by atoms with van der Waals surface area (Å²) < 4.78 is 25.4. The largest absolute Gasteiger partial charge is 0.287 e. The molecule has 0 aliphatic heterocycles. The minimum absolute atomic E-state index is 0.0498. The summed E-state index contributed by atoms with van der Waals surface area (Å²) in [6.45, 7) is 0. The fourth-order valence-electron chi connectivity index (χ4n) is 1.19. The van der Waals surface area contributed by atoms with Crippen LogP contribution in [0.25, 0.3) is 0 Å². The number of carbonyl (C=O) groups excluding carboxylic acids is 1. The van der Waals surface area contributed by atoms with Gasteiger partial charge in [0.05, 0.1) is 12.4 Å². The van der Waals surface area contributed by atoms with Crippen LogP contribution in [-0.4, -0.2) is 15.8 Å². The van der Waals surface area contributed by atoms with Gasteiger partial charge in [0.1, 0.15) is 17.3 Å². The normalized spacial score (nSPS) is 10.1. The van der Waals surface area contributed by atoms with E-state index >= 15 is 0 Å². The van der Waals surface area contributed by atoms with Crippen LogP contribution < -0.4 is 0 Å². The van der Waals surface area contributed by atoms with Crippen LogP contribution in [0.5, 0.6) is 0 Å². The van der Waals surface area contributed by atoms with E-state index in [1.165, 1.54) is 12.3 Å². The number of halogens is 2. The zero-order valence-corrected chi connectivity index (χ0v) is 8.02. The summed E-state index contributed by atoms with van der Waals surface area (Å²) in [7, 11) is 0. The first-order valence-corrected chi connectivity index (χ1v) is 4.43. The van der Waals surface area contributed by atoms with Crippen LogP contribution in [0, 0.1) is 11.6 Å². The lowest BCUT2D eigenvalue weighted by molar-refractivity contribution is 0.103.